The molecule has 1 N–H and O–H groups in total. The van der Waals surface area contributed by atoms with Crippen LogP contribution in [0.2, 0.25) is 0 Å². The molecule has 27 heavy (non-hydrogen) atoms. The summed E-state index contributed by atoms with van der Waals surface area (Å²) in [5, 5.41) is 10.5. The number of ether oxygens (including phenoxy) is 1. The van der Waals surface area contributed by atoms with Gasteiger partial charge in [0.2, 0.25) is 0 Å². The van der Waals surface area contributed by atoms with Crippen molar-refractivity contribution >= 4 is 5.97 Å². The Bertz CT molecular complexity index is 550. The number of aliphatic hydroxyl groups excluding tert-OH is 1. The Labute approximate surface area is 165 Å². The van der Waals surface area contributed by atoms with Gasteiger partial charge in [-0.15, -0.1) is 0 Å². The van der Waals surface area contributed by atoms with Gasteiger partial charge in [-0.05, 0) is 74.0 Å². The van der Waals surface area contributed by atoms with Crippen molar-refractivity contribution in [3.05, 3.63) is 12.2 Å². The standard InChI is InChI=1S/C24H40O3/c1-5-6-16-27-22(26)24(14-15-24)18(3)10-9-17(2)19-11-12-20-21(25)8-7-13-23(19,20)4/h9-10,17-21,25H,5-8,11-16H2,1-4H3/b10-9+/t17-,18-,19-,20+,21+,23-/m1/s1. The summed E-state index contributed by atoms with van der Waals surface area (Å²) in [6.45, 7) is 9.61. The topological polar surface area (TPSA) is 46.5 Å². The van der Waals surface area contributed by atoms with E-state index in [1.807, 2.05) is 0 Å². The lowest BCUT2D eigenvalue weighted by Gasteiger charge is -2.44. The van der Waals surface area contributed by atoms with Gasteiger partial charge < -0.3 is 9.84 Å². The van der Waals surface area contributed by atoms with E-state index in [0.29, 0.717) is 24.4 Å². The van der Waals surface area contributed by atoms with Crippen molar-refractivity contribution in [2.45, 2.75) is 91.6 Å². The summed E-state index contributed by atoms with van der Waals surface area (Å²) >= 11 is 0. The Kier molecular flexibility index (Phi) is 6.40. The van der Waals surface area contributed by atoms with Gasteiger partial charge in [-0.3, -0.25) is 4.79 Å². The largest absolute Gasteiger partial charge is 0.465 e. The molecule has 0 aromatic rings. The summed E-state index contributed by atoms with van der Waals surface area (Å²) in [7, 11) is 0. The van der Waals surface area contributed by atoms with Gasteiger partial charge >= 0.3 is 5.97 Å². The highest BCUT2D eigenvalue weighted by molar-refractivity contribution is 5.80. The summed E-state index contributed by atoms with van der Waals surface area (Å²) in [4.78, 5) is 12.5. The molecule has 0 saturated heterocycles. The molecule has 6 atom stereocenters. The molecule has 154 valence electrons. The van der Waals surface area contributed by atoms with Gasteiger partial charge in [0.15, 0.2) is 0 Å². The number of allylic oxidation sites excluding steroid dienone is 2. The molecule has 3 heteroatoms. The molecule has 0 bridgehead atoms. The number of hydrogen-bond donors (Lipinski definition) is 1. The van der Waals surface area contributed by atoms with Gasteiger partial charge in [-0.25, -0.2) is 0 Å². The van der Waals surface area contributed by atoms with Crippen LogP contribution in [0.25, 0.3) is 0 Å². The van der Waals surface area contributed by atoms with Crippen molar-refractivity contribution in [3.63, 3.8) is 0 Å². The molecule has 0 aromatic heterocycles. The molecule has 3 aliphatic rings. The molecule has 3 saturated carbocycles. The van der Waals surface area contributed by atoms with Crippen LogP contribution in [0.3, 0.4) is 0 Å². The second-order valence-electron chi connectivity index (χ2n) is 9.93. The van der Waals surface area contributed by atoms with E-state index in [2.05, 4.69) is 39.8 Å². The summed E-state index contributed by atoms with van der Waals surface area (Å²) in [5.41, 5.74) is 0.0219. The summed E-state index contributed by atoms with van der Waals surface area (Å²) < 4.78 is 5.54. The van der Waals surface area contributed by atoms with E-state index in [9.17, 15) is 9.90 Å². The molecule has 0 spiro atoms. The molecule has 0 unspecified atom stereocenters. The zero-order chi connectivity index (χ0) is 19.7. The third-order valence-corrected chi connectivity index (χ3v) is 8.30. The van der Waals surface area contributed by atoms with Gasteiger partial charge in [-0.1, -0.05) is 52.7 Å². The molecule has 0 aliphatic heterocycles. The number of carbonyl (C=O) groups excluding carboxylic acids is 1. The molecule has 3 aliphatic carbocycles. The van der Waals surface area contributed by atoms with Crippen LogP contribution < -0.4 is 0 Å². The number of fused-ring (bicyclic) bond motifs is 1. The number of aliphatic hydroxyl groups is 1. The van der Waals surface area contributed by atoms with Crippen LogP contribution in [0.4, 0.5) is 0 Å². The Morgan fingerprint density at radius 1 is 1.19 bits per heavy atom. The highest BCUT2D eigenvalue weighted by atomic mass is 16.5. The number of esters is 1. The third kappa shape index (κ3) is 3.99. The van der Waals surface area contributed by atoms with Gasteiger partial charge in [0, 0.05) is 0 Å². The zero-order valence-corrected chi connectivity index (χ0v) is 17.9. The van der Waals surface area contributed by atoms with Crippen LogP contribution in [0, 0.1) is 34.5 Å². The summed E-state index contributed by atoms with van der Waals surface area (Å²) in [6.07, 6.45) is 14.3. The van der Waals surface area contributed by atoms with Crippen molar-refractivity contribution in [3.8, 4) is 0 Å². The predicted octanol–water partition coefficient (Wildman–Crippen LogP) is 5.52. The highest BCUT2D eigenvalue weighted by Gasteiger charge is 2.55. The lowest BCUT2D eigenvalue weighted by molar-refractivity contribution is -0.151. The summed E-state index contributed by atoms with van der Waals surface area (Å²) in [6, 6.07) is 0. The first-order valence-electron chi connectivity index (χ1n) is 11.4. The van der Waals surface area contributed by atoms with Crippen molar-refractivity contribution in [2.24, 2.45) is 34.5 Å². The smallest absolute Gasteiger partial charge is 0.312 e. The van der Waals surface area contributed by atoms with Crippen LogP contribution in [-0.2, 0) is 9.53 Å². The quantitative estimate of drug-likeness (QED) is 0.345. The van der Waals surface area contributed by atoms with Crippen molar-refractivity contribution in [1.82, 2.24) is 0 Å². The van der Waals surface area contributed by atoms with Gasteiger partial charge in [0.1, 0.15) is 0 Å². The average Bonchev–Trinajstić information content (AvgIpc) is 3.37. The van der Waals surface area contributed by atoms with Gasteiger partial charge in [0.25, 0.3) is 0 Å². The van der Waals surface area contributed by atoms with Crippen LogP contribution in [0.1, 0.15) is 85.5 Å². The zero-order valence-electron chi connectivity index (χ0n) is 17.9. The number of rotatable bonds is 8. The SMILES string of the molecule is CCCCOC(=O)C1([C@H](C)/C=C/[C@@H](C)[C@H]2CC[C@H]3[C@@H](O)CCC[C@]23C)CC1. The van der Waals surface area contributed by atoms with Gasteiger partial charge in [0.05, 0.1) is 18.1 Å². The minimum Gasteiger partial charge on any atom is -0.465 e. The number of hydrogen-bond acceptors (Lipinski definition) is 3. The average molecular weight is 377 g/mol. The maximum absolute atomic E-state index is 12.5. The second-order valence-corrected chi connectivity index (χ2v) is 9.93. The highest BCUT2D eigenvalue weighted by Crippen LogP contribution is 2.58. The van der Waals surface area contributed by atoms with Crippen molar-refractivity contribution in [2.75, 3.05) is 6.61 Å². The number of carbonyl (C=O) groups is 1. The molecule has 0 radical (unpaired) electrons. The Morgan fingerprint density at radius 2 is 1.93 bits per heavy atom. The fraction of sp³-hybridized carbons (Fsp3) is 0.875. The minimum absolute atomic E-state index is 0.0176. The maximum atomic E-state index is 12.5. The molecule has 0 heterocycles. The molecule has 3 rings (SSSR count). The summed E-state index contributed by atoms with van der Waals surface area (Å²) in [5.74, 6) is 1.89. The Hall–Kier alpha value is -0.830. The van der Waals surface area contributed by atoms with Crippen molar-refractivity contribution in [1.29, 1.82) is 0 Å². The Balaban J connectivity index is 1.60. The van der Waals surface area contributed by atoms with E-state index in [4.69, 9.17) is 4.74 Å². The van der Waals surface area contributed by atoms with E-state index < -0.39 is 0 Å². The minimum atomic E-state index is -0.257. The maximum Gasteiger partial charge on any atom is 0.312 e. The molecular weight excluding hydrogens is 336 g/mol. The third-order valence-electron chi connectivity index (χ3n) is 8.30. The fourth-order valence-electron chi connectivity index (χ4n) is 6.15. The van der Waals surface area contributed by atoms with E-state index in [-0.39, 0.29) is 28.8 Å². The lowest BCUT2D eigenvalue weighted by Crippen LogP contribution is -2.41. The first-order chi connectivity index (χ1) is 12.8. The van der Waals surface area contributed by atoms with Crippen LogP contribution in [0.15, 0.2) is 12.2 Å². The molecule has 0 amide bonds. The van der Waals surface area contributed by atoms with Crippen LogP contribution in [0.5, 0.6) is 0 Å². The Morgan fingerprint density at radius 3 is 2.59 bits per heavy atom. The van der Waals surface area contributed by atoms with E-state index >= 15 is 0 Å². The first kappa shape index (κ1) is 20.9. The molecule has 3 nitrogen and oxygen atoms in total. The van der Waals surface area contributed by atoms with E-state index in [1.54, 1.807) is 0 Å². The van der Waals surface area contributed by atoms with Gasteiger partial charge in [-0.2, -0.15) is 0 Å². The molecule has 3 fully saturated rings. The van der Waals surface area contributed by atoms with Crippen molar-refractivity contribution < 1.29 is 14.6 Å². The second kappa shape index (κ2) is 8.27. The van der Waals surface area contributed by atoms with E-state index in [0.717, 1.165) is 38.5 Å². The van der Waals surface area contributed by atoms with Crippen LogP contribution >= 0.6 is 0 Å². The van der Waals surface area contributed by atoms with E-state index in [1.165, 1.54) is 19.3 Å². The predicted molar refractivity (Wildman–Crippen MR) is 109 cm³/mol. The normalized spacial score (nSPS) is 37.0. The monoisotopic (exact) mass is 376 g/mol. The van der Waals surface area contributed by atoms with Crippen LogP contribution in [-0.4, -0.2) is 23.8 Å². The molecule has 0 aromatic carbocycles. The molecular formula is C24H40O3. The lowest BCUT2D eigenvalue weighted by atomic mass is 9.62. The number of unbranched alkanes of at least 4 members (excludes halogenated alkanes) is 1. The first-order valence-corrected chi connectivity index (χ1v) is 11.4. The fourth-order valence-corrected chi connectivity index (χ4v) is 6.15.